The third kappa shape index (κ3) is 2.04. The number of hydrogen-bond acceptors (Lipinski definition) is 4. The number of amides is 2. The van der Waals surface area contributed by atoms with Gasteiger partial charge in [0.05, 0.1) is 24.5 Å². The SMILES string of the molecule is C[C@H]1CN(c2ccc(N3CCOC3=O)c(F)c2)C(=O)O1. The van der Waals surface area contributed by atoms with Gasteiger partial charge in [-0.1, -0.05) is 0 Å². The van der Waals surface area contributed by atoms with Gasteiger partial charge in [0, 0.05) is 0 Å². The van der Waals surface area contributed by atoms with Gasteiger partial charge < -0.3 is 9.47 Å². The maximum atomic E-state index is 14.1. The summed E-state index contributed by atoms with van der Waals surface area (Å²) in [6, 6.07) is 4.27. The highest BCUT2D eigenvalue weighted by atomic mass is 19.1. The third-order valence-electron chi connectivity index (χ3n) is 3.26. The molecule has 1 atom stereocenters. The molecule has 2 amide bonds. The van der Waals surface area contributed by atoms with Crippen LogP contribution in [0.5, 0.6) is 0 Å². The fourth-order valence-corrected chi connectivity index (χ4v) is 2.31. The van der Waals surface area contributed by atoms with E-state index >= 15 is 0 Å². The average Bonchev–Trinajstić information content (AvgIpc) is 2.95. The molecular formula is C13H13FN2O4. The second kappa shape index (κ2) is 4.66. The fourth-order valence-electron chi connectivity index (χ4n) is 2.31. The normalized spacial score (nSPS) is 22.2. The van der Waals surface area contributed by atoms with Crippen LogP contribution in [0.2, 0.25) is 0 Å². The minimum atomic E-state index is -0.575. The second-order valence-electron chi connectivity index (χ2n) is 4.71. The van der Waals surface area contributed by atoms with E-state index in [1.54, 1.807) is 13.0 Å². The molecule has 2 heterocycles. The zero-order chi connectivity index (χ0) is 14.3. The van der Waals surface area contributed by atoms with Gasteiger partial charge in [-0.2, -0.15) is 0 Å². The number of carbonyl (C=O) groups is 2. The van der Waals surface area contributed by atoms with Crippen LogP contribution < -0.4 is 9.80 Å². The van der Waals surface area contributed by atoms with E-state index in [-0.39, 0.29) is 18.4 Å². The number of rotatable bonds is 2. The van der Waals surface area contributed by atoms with Gasteiger partial charge in [0.25, 0.3) is 0 Å². The van der Waals surface area contributed by atoms with Crippen LogP contribution in [-0.4, -0.2) is 38.0 Å². The fraction of sp³-hybridized carbons (Fsp3) is 0.385. The second-order valence-corrected chi connectivity index (χ2v) is 4.71. The van der Waals surface area contributed by atoms with Gasteiger partial charge in [0.2, 0.25) is 0 Å². The van der Waals surface area contributed by atoms with Crippen LogP contribution in [0.3, 0.4) is 0 Å². The van der Waals surface area contributed by atoms with Crippen LogP contribution in [0, 0.1) is 5.82 Å². The van der Waals surface area contributed by atoms with Gasteiger partial charge >= 0.3 is 12.2 Å². The molecule has 0 unspecified atom stereocenters. The van der Waals surface area contributed by atoms with Crippen molar-refractivity contribution in [3.05, 3.63) is 24.0 Å². The summed E-state index contributed by atoms with van der Waals surface area (Å²) >= 11 is 0. The molecule has 20 heavy (non-hydrogen) atoms. The molecule has 0 radical (unpaired) electrons. The molecule has 3 rings (SSSR count). The number of nitrogens with zero attached hydrogens (tertiary/aromatic N) is 2. The zero-order valence-corrected chi connectivity index (χ0v) is 10.8. The number of carbonyl (C=O) groups excluding carboxylic acids is 2. The van der Waals surface area contributed by atoms with Crippen molar-refractivity contribution < 1.29 is 23.5 Å². The number of hydrogen-bond donors (Lipinski definition) is 0. The topological polar surface area (TPSA) is 59.1 Å². The molecule has 0 aliphatic carbocycles. The monoisotopic (exact) mass is 280 g/mol. The van der Waals surface area contributed by atoms with Crippen LogP contribution >= 0.6 is 0 Å². The predicted octanol–water partition coefficient (Wildman–Crippen LogP) is 2.13. The first-order valence-corrected chi connectivity index (χ1v) is 6.28. The van der Waals surface area contributed by atoms with E-state index in [9.17, 15) is 14.0 Å². The molecule has 0 aromatic heterocycles. The Morgan fingerprint density at radius 1 is 1.25 bits per heavy atom. The van der Waals surface area contributed by atoms with Gasteiger partial charge in [0.1, 0.15) is 18.5 Å². The Bertz CT molecular complexity index is 577. The molecule has 7 heteroatoms. The van der Waals surface area contributed by atoms with Crippen molar-refractivity contribution in [2.24, 2.45) is 0 Å². The maximum Gasteiger partial charge on any atom is 0.414 e. The minimum Gasteiger partial charge on any atom is -0.447 e. The largest absolute Gasteiger partial charge is 0.447 e. The summed E-state index contributed by atoms with van der Waals surface area (Å²) in [6.07, 6.45) is -1.28. The molecule has 1 aromatic carbocycles. The predicted molar refractivity (Wildman–Crippen MR) is 68.4 cm³/mol. The molecule has 0 N–H and O–H groups in total. The summed E-state index contributed by atoms with van der Waals surface area (Å²) in [5.41, 5.74) is 0.560. The van der Waals surface area contributed by atoms with E-state index in [1.165, 1.54) is 21.9 Å². The lowest BCUT2D eigenvalue weighted by atomic mass is 10.2. The van der Waals surface area contributed by atoms with Crippen molar-refractivity contribution in [1.82, 2.24) is 0 Å². The Morgan fingerprint density at radius 3 is 2.60 bits per heavy atom. The van der Waals surface area contributed by atoms with Crippen molar-refractivity contribution in [1.29, 1.82) is 0 Å². The molecule has 2 saturated heterocycles. The number of anilines is 2. The van der Waals surface area contributed by atoms with E-state index < -0.39 is 18.0 Å². The van der Waals surface area contributed by atoms with E-state index in [0.29, 0.717) is 18.8 Å². The van der Waals surface area contributed by atoms with Crippen molar-refractivity contribution in [2.45, 2.75) is 13.0 Å². The van der Waals surface area contributed by atoms with E-state index in [2.05, 4.69) is 0 Å². The van der Waals surface area contributed by atoms with Crippen LogP contribution in [0.4, 0.5) is 25.4 Å². The molecule has 0 spiro atoms. The Labute approximate surface area is 114 Å². The van der Waals surface area contributed by atoms with Crippen LogP contribution in [0.15, 0.2) is 18.2 Å². The lowest BCUT2D eigenvalue weighted by Crippen LogP contribution is -2.26. The number of cyclic esters (lactones) is 2. The molecule has 2 aliphatic heterocycles. The van der Waals surface area contributed by atoms with Gasteiger partial charge in [-0.15, -0.1) is 0 Å². The van der Waals surface area contributed by atoms with Crippen molar-refractivity contribution >= 4 is 23.6 Å². The smallest absolute Gasteiger partial charge is 0.414 e. The molecule has 2 fully saturated rings. The number of benzene rings is 1. The van der Waals surface area contributed by atoms with Crippen LogP contribution in [-0.2, 0) is 9.47 Å². The van der Waals surface area contributed by atoms with Crippen molar-refractivity contribution in [2.75, 3.05) is 29.5 Å². The number of halogens is 1. The van der Waals surface area contributed by atoms with E-state index in [1.807, 2.05) is 0 Å². The lowest BCUT2D eigenvalue weighted by Gasteiger charge is -2.17. The van der Waals surface area contributed by atoms with E-state index in [4.69, 9.17) is 9.47 Å². The quantitative estimate of drug-likeness (QED) is 0.832. The Balaban J connectivity index is 1.88. The summed E-state index contributed by atoms with van der Waals surface area (Å²) in [7, 11) is 0. The molecule has 106 valence electrons. The molecule has 0 saturated carbocycles. The molecule has 6 nitrogen and oxygen atoms in total. The Morgan fingerprint density at radius 2 is 2.05 bits per heavy atom. The summed E-state index contributed by atoms with van der Waals surface area (Å²) in [4.78, 5) is 25.6. The van der Waals surface area contributed by atoms with Gasteiger partial charge in [-0.3, -0.25) is 9.80 Å². The van der Waals surface area contributed by atoms with E-state index in [0.717, 1.165) is 0 Å². The zero-order valence-electron chi connectivity index (χ0n) is 10.8. The summed E-state index contributed by atoms with van der Waals surface area (Å²) in [6.45, 7) is 2.71. The van der Waals surface area contributed by atoms with Crippen molar-refractivity contribution in [3.63, 3.8) is 0 Å². The lowest BCUT2D eigenvalue weighted by molar-refractivity contribution is 0.150. The molecule has 0 bridgehead atoms. The third-order valence-corrected chi connectivity index (χ3v) is 3.26. The number of ether oxygens (including phenoxy) is 2. The minimum absolute atomic E-state index is 0.150. The highest BCUT2D eigenvalue weighted by Gasteiger charge is 2.31. The molecular weight excluding hydrogens is 267 g/mol. The summed E-state index contributed by atoms with van der Waals surface area (Å²) in [5.74, 6) is -0.575. The van der Waals surface area contributed by atoms with Gasteiger partial charge in [-0.05, 0) is 25.1 Å². The Kier molecular flexibility index (Phi) is 2.96. The van der Waals surface area contributed by atoms with Crippen LogP contribution in [0.25, 0.3) is 0 Å². The average molecular weight is 280 g/mol. The first kappa shape index (κ1) is 12.7. The first-order valence-electron chi connectivity index (χ1n) is 6.28. The first-order chi connectivity index (χ1) is 9.56. The van der Waals surface area contributed by atoms with Gasteiger partial charge in [-0.25, -0.2) is 14.0 Å². The molecule has 1 aromatic rings. The van der Waals surface area contributed by atoms with Gasteiger partial charge in [0.15, 0.2) is 0 Å². The maximum absolute atomic E-state index is 14.1. The summed E-state index contributed by atoms with van der Waals surface area (Å²) < 4.78 is 23.9. The highest BCUT2D eigenvalue weighted by molar-refractivity contribution is 5.92. The van der Waals surface area contributed by atoms with Crippen molar-refractivity contribution in [3.8, 4) is 0 Å². The molecule has 2 aliphatic rings. The Hall–Kier alpha value is -2.31. The highest BCUT2D eigenvalue weighted by Crippen LogP contribution is 2.29. The standard InChI is InChI=1S/C13H13FN2O4/c1-8-7-16(13(18)20-8)9-2-3-11(10(14)6-9)15-4-5-19-12(15)17/h2-3,6,8H,4-5,7H2,1H3/t8-/m0/s1. The van der Waals surface area contributed by atoms with Crippen LogP contribution in [0.1, 0.15) is 6.92 Å². The summed E-state index contributed by atoms with van der Waals surface area (Å²) in [5, 5.41) is 0.